The molecule has 0 unspecified atom stereocenters. The van der Waals surface area contributed by atoms with Crippen molar-refractivity contribution in [2.45, 2.75) is 32.7 Å². The van der Waals surface area contributed by atoms with E-state index in [2.05, 4.69) is 14.5 Å². The number of piperidine rings is 1. The molecule has 0 saturated carbocycles. The van der Waals surface area contributed by atoms with Crippen LogP contribution in [-0.2, 0) is 4.79 Å². The molecule has 1 fully saturated rings. The van der Waals surface area contributed by atoms with Gasteiger partial charge in [0.25, 0.3) is 0 Å². The summed E-state index contributed by atoms with van der Waals surface area (Å²) in [5, 5.41) is 0. The summed E-state index contributed by atoms with van der Waals surface area (Å²) in [4.78, 5) is 22.3. The second kappa shape index (κ2) is 4.64. The largest absolute Gasteiger partial charge is 0.343 e. The predicted molar refractivity (Wildman–Crippen MR) is 72.8 cm³/mol. The molecule has 1 aliphatic heterocycles. The lowest BCUT2D eigenvalue weighted by Gasteiger charge is -2.32. The summed E-state index contributed by atoms with van der Waals surface area (Å²) in [5.41, 5.74) is 1.91. The van der Waals surface area contributed by atoms with Crippen LogP contribution in [-0.4, -0.2) is 38.4 Å². The maximum Gasteiger partial charge on any atom is 0.219 e. The van der Waals surface area contributed by atoms with Gasteiger partial charge in [-0.15, -0.1) is 0 Å². The minimum absolute atomic E-state index is 0.170. The van der Waals surface area contributed by atoms with Crippen LogP contribution in [0.5, 0.6) is 0 Å². The number of aromatic nitrogens is 3. The minimum Gasteiger partial charge on any atom is -0.343 e. The first-order valence-electron chi connectivity index (χ1n) is 6.72. The molecule has 1 amide bonds. The van der Waals surface area contributed by atoms with Crippen LogP contribution in [0.1, 0.15) is 31.6 Å². The van der Waals surface area contributed by atoms with Gasteiger partial charge < -0.3 is 9.47 Å². The maximum atomic E-state index is 11.4. The predicted octanol–water partition coefficient (Wildman–Crippen LogP) is 1.92. The third-order valence-electron chi connectivity index (χ3n) is 3.90. The highest BCUT2D eigenvalue weighted by Gasteiger charge is 2.24. The molecule has 100 valence electrons. The highest BCUT2D eigenvalue weighted by Crippen LogP contribution is 2.27. The molecule has 0 aromatic carbocycles. The third-order valence-corrected chi connectivity index (χ3v) is 3.90. The van der Waals surface area contributed by atoms with E-state index in [0.717, 1.165) is 42.9 Å². The summed E-state index contributed by atoms with van der Waals surface area (Å²) in [6, 6.07) is 4.31. The van der Waals surface area contributed by atoms with Crippen LogP contribution >= 0.6 is 0 Å². The van der Waals surface area contributed by atoms with Crippen LogP contribution in [0.4, 0.5) is 0 Å². The molecule has 2 aromatic heterocycles. The molecule has 3 heterocycles. The van der Waals surface area contributed by atoms with Gasteiger partial charge in [-0.1, -0.05) is 0 Å². The number of rotatable bonds is 1. The number of pyridine rings is 1. The first-order chi connectivity index (χ1) is 9.16. The Hall–Kier alpha value is -1.91. The summed E-state index contributed by atoms with van der Waals surface area (Å²) in [5.74, 6) is 1.18. The molecule has 0 spiro atoms. The number of fused-ring (bicyclic) bond motifs is 1. The monoisotopic (exact) mass is 258 g/mol. The number of aryl methyl sites for hydroxylation is 1. The van der Waals surface area contributed by atoms with Crippen molar-refractivity contribution in [3.8, 4) is 0 Å². The van der Waals surface area contributed by atoms with Crippen molar-refractivity contribution >= 4 is 17.1 Å². The highest BCUT2D eigenvalue weighted by atomic mass is 16.2. The summed E-state index contributed by atoms with van der Waals surface area (Å²) < 4.78 is 2.23. The third kappa shape index (κ3) is 2.09. The normalized spacial score (nSPS) is 17.1. The number of hydrogen-bond acceptors (Lipinski definition) is 3. The molecule has 19 heavy (non-hydrogen) atoms. The van der Waals surface area contributed by atoms with Crippen molar-refractivity contribution in [1.82, 2.24) is 19.4 Å². The van der Waals surface area contributed by atoms with Gasteiger partial charge in [-0.05, 0) is 31.9 Å². The number of amides is 1. The Kier molecular flexibility index (Phi) is 2.97. The molecule has 0 N–H and O–H groups in total. The van der Waals surface area contributed by atoms with Crippen LogP contribution in [0, 0.1) is 6.92 Å². The van der Waals surface area contributed by atoms with Crippen molar-refractivity contribution in [1.29, 1.82) is 0 Å². The van der Waals surface area contributed by atoms with Crippen LogP contribution in [0.2, 0.25) is 0 Å². The summed E-state index contributed by atoms with van der Waals surface area (Å²) in [6.45, 7) is 5.32. The lowest BCUT2D eigenvalue weighted by molar-refractivity contribution is -0.130. The van der Waals surface area contributed by atoms with Gasteiger partial charge in [0.05, 0.1) is 0 Å². The fourth-order valence-electron chi connectivity index (χ4n) is 2.92. The standard InChI is InChI=1S/C14H18N4O/c1-10-16-13-4-3-7-15-14(13)18(10)12-5-8-17(9-6-12)11(2)19/h3-4,7,12H,5-6,8-9H2,1-2H3. The van der Waals surface area contributed by atoms with Gasteiger partial charge in [0.2, 0.25) is 5.91 Å². The Labute approximate surface area is 112 Å². The van der Waals surface area contributed by atoms with Crippen molar-refractivity contribution in [2.75, 3.05) is 13.1 Å². The molecule has 5 heteroatoms. The number of likely N-dealkylation sites (tertiary alicyclic amines) is 1. The van der Waals surface area contributed by atoms with Gasteiger partial charge >= 0.3 is 0 Å². The van der Waals surface area contributed by atoms with E-state index in [1.165, 1.54) is 0 Å². The fraction of sp³-hybridized carbons (Fsp3) is 0.500. The average molecular weight is 258 g/mol. The van der Waals surface area contributed by atoms with Crippen LogP contribution in [0.15, 0.2) is 18.3 Å². The van der Waals surface area contributed by atoms with Gasteiger partial charge in [0.1, 0.15) is 11.3 Å². The van der Waals surface area contributed by atoms with E-state index >= 15 is 0 Å². The zero-order valence-corrected chi connectivity index (χ0v) is 11.3. The van der Waals surface area contributed by atoms with E-state index in [4.69, 9.17) is 0 Å². The maximum absolute atomic E-state index is 11.4. The molecule has 1 saturated heterocycles. The Bertz CT molecular complexity index is 611. The SMILES string of the molecule is CC(=O)N1CCC(n2c(C)nc3cccnc32)CC1. The highest BCUT2D eigenvalue weighted by molar-refractivity contribution is 5.73. The van der Waals surface area contributed by atoms with Gasteiger partial charge in [-0.25, -0.2) is 9.97 Å². The van der Waals surface area contributed by atoms with Crippen molar-refractivity contribution in [3.63, 3.8) is 0 Å². The number of carbonyl (C=O) groups is 1. The zero-order chi connectivity index (χ0) is 13.4. The van der Waals surface area contributed by atoms with Crippen molar-refractivity contribution in [3.05, 3.63) is 24.2 Å². The van der Waals surface area contributed by atoms with Gasteiger partial charge in [-0.3, -0.25) is 4.79 Å². The van der Waals surface area contributed by atoms with Crippen molar-refractivity contribution < 1.29 is 4.79 Å². The molecule has 0 aliphatic carbocycles. The van der Waals surface area contributed by atoms with E-state index in [9.17, 15) is 4.79 Å². The van der Waals surface area contributed by atoms with Crippen LogP contribution in [0.3, 0.4) is 0 Å². The first kappa shape index (κ1) is 12.1. The molecule has 5 nitrogen and oxygen atoms in total. The first-order valence-corrected chi connectivity index (χ1v) is 6.72. The van der Waals surface area contributed by atoms with Gasteiger partial charge in [-0.2, -0.15) is 0 Å². The number of hydrogen-bond donors (Lipinski definition) is 0. The summed E-state index contributed by atoms with van der Waals surface area (Å²) in [6.07, 6.45) is 3.76. The van der Waals surface area contributed by atoms with E-state index in [1.807, 2.05) is 30.2 Å². The minimum atomic E-state index is 0.170. The van der Waals surface area contributed by atoms with E-state index < -0.39 is 0 Å². The average Bonchev–Trinajstić information content (AvgIpc) is 2.74. The van der Waals surface area contributed by atoms with E-state index in [1.54, 1.807) is 6.92 Å². The molecule has 0 radical (unpaired) electrons. The molecular formula is C14H18N4O. The second-order valence-electron chi connectivity index (χ2n) is 5.11. The molecule has 0 bridgehead atoms. The molecule has 3 rings (SSSR count). The topological polar surface area (TPSA) is 51.0 Å². The molecule has 1 aliphatic rings. The smallest absolute Gasteiger partial charge is 0.219 e. The van der Waals surface area contributed by atoms with Crippen LogP contribution in [0.25, 0.3) is 11.2 Å². The van der Waals surface area contributed by atoms with E-state index in [0.29, 0.717) is 6.04 Å². The van der Waals surface area contributed by atoms with Crippen molar-refractivity contribution in [2.24, 2.45) is 0 Å². The molecule has 2 aromatic rings. The Morgan fingerprint density at radius 2 is 2.11 bits per heavy atom. The lowest BCUT2D eigenvalue weighted by Crippen LogP contribution is -2.37. The summed E-state index contributed by atoms with van der Waals surface area (Å²) in [7, 11) is 0. The quantitative estimate of drug-likeness (QED) is 0.785. The number of carbonyl (C=O) groups excluding carboxylic acids is 1. The summed E-state index contributed by atoms with van der Waals surface area (Å²) >= 11 is 0. The Balaban J connectivity index is 1.89. The fourth-order valence-corrected chi connectivity index (χ4v) is 2.92. The second-order valence-corrected chi connectivity index (χ2v) is 5.11. The Morgan fingerprint density at radius 1 is 1.37 bits per heavy atom. The van der Waals surface area contributed by atoms with Gasteiger partial charge in [0.15, 0.2) is 5.65 Å². The lowest BCUT2D eigenvalue weighted by atomic mass is 10.0. The van der Waals surface area contributed by atoms with E-state index in [-0.39, 0.29) is 5.91 Å². The number of imidazole rings is 1. The molecule has 0 atom stereocenters. The molecular weight excluding hydrogens is 240 g/mol. The van der Waals surface area contributed by atoms with Crippen LogP contribution < -0.4 is 0 Å². The zero-order valence-electron chi connectivity index (χ0n) is 11.3. The number of nitrogens with zero attached hydrogens (tertiary/aromatic N) is 4. The van der Waals surface area contributed by atoms with Gasteiger partial charge in [0, 0.05) is 32.3 Å². The Morgan fingerprint density at radius 3 is 2.79 bits per heavy atom.